The van der Waals surface area contributed by atoms with Crippen LogP contribution in [0, 0.1) is 5.92 Å². The highest BCUT2D eigenvalue weighted by Gasteiger charge is 2.27. The monoisotopic (exact) mass is 294 g/mol. The lowest BCUT2D eigenvalue weighted by Gasteiger charge is -2.41. The van der Waals surface area contributed by atoms with E-state index in [-0.39, 0.29) is 6.04 Å². The SMILES string of the molecule is CCC(N)Cc1cccc(Cl)c1N1CCCC(C)C1C. The Labute approximate surface area is 128 Å². The van der Waals surface area contributed by atoms with Gasteiger partial charge < -0.3 is 10.6 Å². The Kier molecular flexibility index (Phi) is 5.34. The minimum Gasteiger partial charge on any atom is -0.367 e. The summed E-state index contributed by atoms with van der Waals surface area (Å²) in [5.41, 5.74) is 8.67. The first-order valence-corrected chi connectivity index (χ1v) is 8.22. The maximum atomic E-state index is 6.52. The maximum absolute atomic E-state index is 6.52. The zero-order valence-electron chi connectivity index (χ0n) is 12.9. The molecule has 0 bridgehead atoms. The quantitative estimate of drug-likeness (QED) is 0.900. The van der Waals surface area contributed by atoms with Crippen LogP contribution >= 0.6 is 11.6 Å². The van der Waals surface area contributed by atoms with Crippen LogP contribution in [0.15, 0.2) is 18.2 Å². The molecule has 1 aromatic carbocycles. The summed E-state index contributed by atoms with van der Waals surface area (Å²) in [6.07, 6.45) is 4.46. The smallest absolute Gasteiger partial charge is 0.0642 e. The third-order valence-electron chi connectivity index (χ3n) is 4.74. The number of nitrogens with zero attached hydrogens (tertiary/aromatic N) is 1. The summed E-state index contributed by atoms with van der Waals surface area (Å²) in [4.78, 5) is 2.49. The summed E-state index contributed by atoms with van der Waals surface area (Å²) in [5.74, 6) is 0.715. The molecule has 0 saturated carbocycles. The van der Waals surface area contributed by atoms with Crippen LogP contribution in [0.5, 0.6) is 0 Å². The second-order valence-electron chi connectivity index (χ2n) is 6.17. The fourth-order valence-electron chi connectivity index (χ4n) is 3.12. The first-order valence-electron chi connectivity index (χ1n) is 7.84. The van der Waals surface area contributed by atoms with E-state index in [1.165, 1.54) is 24.1 Å². The van der Waals surface area contributed by atoms with Crippen molar-refractivity contribution in [2.75, 3.05) is 11.4 Å². The van der Waals surface area contributed by atoms with Crippen molar-refractivity contribution in [3.05, 3.63) is 28.8 Å². The summed E-state index contributed by atoms with van der Waals surface area (Å²) in [6.45, 7) is 7.89. The van der Waals surface area contributed by atoms with Crippen molar-refractivity contribution in [3.8, 4) is 0 Å². The summed E-state index contributed by atoms with van der Waals surface area (Å²) in [7, 11) is 0. The molecule has 20 heavy (non-hydrogen) atoms. The van der Waals surface area contributed by atoms with Crippen LogP contribution in [0.2, 0.25) is 5.02 Å². The van der Waals surface area contributed by atoms with Gasteiger partial charge in [0, 0.05) is 18.6 Å². The number of nitrogens with two attached hydrogens (primary N) is 1. The zero-order valence-corrected chi connectivity index (χ0v) is 13.7. The molecule has 3 atom stereocenters. The molecule has 0 aromatic heterocycles. The zero-order chi connectivity index (χ0) is 14.7. The van der Waals surface area contributed by atoms with E-state index in [4.69, 9.17) is 17.3 Å². The minimum atomic E-state index is 0.213. The van der Waals surface area contributed by atoms with Gasteiger partial charge in [-0.2, -0.15) is 0 Å². The molecule has 3 heteroatoms. The van der Waals surface area contributed by atoms with Gasteiger partial charge in [0.05, 0.1) is 10.7 Å². The Morgan fingerprint density at radius 3 is 2.85 bits per heavy atom. The van der Waals surface area contributed by atoms with Gasteiger partial charge in [-0.25, -0.2) is 0 Å². The summed E-state index contributed by atoms with van der Waals surface area (Å²) in [6, 6.07) is 6.98. The average Bonchev–Trinajstić information content (AvgIpc) is 2.43. The molecule has 112 valence electrons. The van der Waals surface area contributed by atoms with Gasteiger partial charge in [0.25, 0.3) is 0 Å². The Hall–Kier alpha value is -0.730. The van der Waals surface area contributed by atoms with Crippen LogP contribution < -0.4 is 10.6 Å². The first kappa shape index (κ1) is 15.7. The summed E-state index contributed by atoms with van der Waals surface area (Å²) >= 11 is 6.52. The van der Waals surface area contributed by atoms with Crippen LogP contribution in [-0.4, -0.2) is 18.6 Å². The van der Waals surface area contributed by atoms with Gasteiger partial charge in [-0.3, -0.25) is 0 Å². The fourth-order valence-corrected chi connectivity index (χ4v) is 3.43. The highest BCUT2D eigenvalue weighted by molar-refractivity contribution is 6.33. The number of para-hydroxylation sites is 1. The average molecular weight is 295 g/mol. The van der Waals surface area contributed by atoms with Crippen LogP contribution in [-0.2, 0) is 6.42 Å². The molecule has 1 aliphatic rings. The summed E-state index contributed by atoms with van der Waals surface area (Å²) in [5, 5.41) is 0.867. The predicted molar refractivity (Wildman–Crippen MR) is 88.6 cm³/mol. The molecule has 1 aliphatic heterocycles. The number of anilines is 1. The molecule has 1 fully saturated rings. The van der Waals surface area contributed by atoms with Crippen molar-refractivity contribution in [1.29, 1.82) is 0 Å². The highest BCUT2D eigenvalue weighted by atomic mass is 35.5. The molecular weight excluding hydrogens is 268 g/mol. The number of hydrogen-bond donors (Lipinski definition) is 1. The molecule has 1 aromatic rings. The Bertz CT molecular complexity index is 447. The van der Waals surface area contributed by atoms with E-state index in [9.17, 15) is 0 Å². The Morgan fingerprint density at radius 1 is 1.40 bits per heavy atom. The molecule has 0 aliphatic carbocycles. The molecule has 1 heterocycles. The van der Waals surface area contributed by atoms with Gasteiger partial charge in [-0.05, 0) is 50.2 Å². The third-order valence-corrected chi connectivity index (χ3v) is 5.04. The molecule has 0 radical (unpaired) electrons. The lowest BCUT2D eigenvalue weighted by atomic mass is 9.90. The van der Waals surface area contributed by atoms with E-state index >= 15 is 0 Å². The van der Waals surface area contributed by atoms with Gasteiger partial charge in [-0.1, -0.05) is 37.6 Å². The lowest BCUT2D eigenvalue weighted by molar-refractivity contribution is 0.363. The predicted octanol–water partition coefficient (Wildman–Crippen LogP) is 4.24. The molecule has 2 nitrogen and oxygen atoms in total. The van der Waals surface area contributed by atoms with Gasteiger partial charge >= 0.3 is 0 Å². The van der Waals surface area contributed by atoms with E-state index in [0.29, 0.717) is 12.0 Å². The molecular formula is C17H27ClN2. The largest absolute Gasteiger partial charge is 0.367 e. The molecule has 3 unspecified atom stereocenters. The molecule has 0 amide bonds. The number of rotatable bonds is 4. The van der Waals surface area contributed by atoms with E-state index in [1.54, 1.807) is 0 Å². The van der Waals surface area contributed by atoms with Crippen LogP contribution in [0.25, 0.3) is 0 Å². The van der Waals surface area contributed by atoms with Crippen molar-refractivity contribution >= 4 is 17.3 Å². The molecule has 2 rings (SSSR count). The van der Waals surface area contributed by atoms with Crippen molar-refractivity contribution < 1.29 is 0 Å². The van der Waals surface area contributed by atoms with Crippen LogP contribution in [0.3, 0.4) is 0 Å². The summed E-state index contributed by atoms with van der Waals surface area (Å²) < 4.78 is 0. The van der Waals surface area contributed by atoms with Crippen molar-refractivity contribution in [2.24, 2.45) is 11.7 Å². The van der Waals surface area contributed by atoms with Crippen LogP contribution in [0.4, 0.5) is 5.69 Å². The highest BCUT2D eigenvalue weighted by Crippen LogP contribution is 2.36. The number of piperidine rings is 1. The molecule has 0 spiro atoms. The van der Waals surface area contributed by atoms with Gasteiger partial charge in [0.15, 0.2) is 0 Å². The Morgan fingerprint density at radius 2 is 2.15 bits per heavy atom. The topological polar surface area (TPSA) is 29.3 Å². The minimum absolute atomic E-state index is 0.213. The van der Waals surface area contributed by atoms with E-state index in [2.05, 4.69) is 31.7 Å². The number of benzene rings is 1. The van der Waals surface area contributed by atoms with E-state index in [1.807, 2.05) is 12.1 Å². The number of hydrogen-bond acceptors (Lipinski definition) is 2. The van der Waals surface area contributed by atoms with Gasteiger partial charge in [0.1, 0.15) is 0 Å². The molecule has 2 N–H and O–H groups in total. The first-order chi connectivity index (χ1) is 9.54. The van der Waals surface area contributed by atoms with Crippen molar-refractivity contribution in [2.45, 2.75) is 58.5 Å². The van der Waals surface area contributed by atoms with Crippen LogP contribution in [0.1, 0.15) is 45.6 Å². The van der Waals surface area contributed by atoms with E-state index < -0.39 is 0 Å². The lowest BCUT2D eigenvalue weighted by Crippen LogP contribution is -2.43. The molecule has 1 saturated heterocycles. The van der Waals surface area contributed by atoms with Crippen molar-refractivity contribution in [3.63, 3.8) is 0 Å². The third kappa shape index (κ3) is 3.29. The van der Waals surface area contributed by atoms with Gasteiger partial charge in [-0.15, -0.1) is 0 Å². The fraction of sp³-hybridized carbons (Fsp3) is 0.647. The van der Waals surface area contributed by atoms with E-state index in [0.717, 1.165) is 24.4 Å². The number of halogens is 1. The second kappa shape index (κ2) is 6.82. The Balaban J connectivity index is 2.33. The van der Waals surface area contributed by atoms with Crippen molar-refractivity contribution in [1.82, 2.24) is 0 Å². The van der Waals surface area contributed by atoms with Gasteiger partial charge in [0.2, 0.25) is 0 Å². The standard InChI is InChI=1S/C17H27ClN2/c1-4-15(19)11-14-8-5-9-16(18)17(14)20-10-6-7-12(2)13(20)3/h5,8-9,12-13,15H,4,6-7,10-11,19H2,1-3H3. The normalized spacial score (nSPS) is 24.8. The second-order valence-corrected chi connectivity index (χ2v) is 6.58. The maximum Gasteiger partial charge on any atom is 0.0642 e.